The summed E-state index contributed by atoms with van der Waals surface area (Å²) in [6.45, 7) is 2.86. The Morgan fingerprint density at radius 3 is 2.56 bits per heavy atom. The normalized spacial score (nSPS) is 17.5. The largest absolute Gasteiger partial charge is 0.336 e. The molecule has 2 N–H and O–H groups in total. The maximum atomic E-state index is 12.1. The Balaban J connectivity index is 2.08. The van der Waals surface area contributed by atoms with E-state index in [1.54, 1.807) is 5.01 Å². The van der Waals surface area contributed by atoms with Gasteiger partial charge in [-0.2, -0.15) is 0 Å². The Kier molecular flexibility index (Phi) is 3.58. The molecule has 1 aromatic rings. The molecule has 0 saturated carbocycles. The van der Waals surface area contributed by atoms with E-state index in [1.807, 2.05) is 29.2 Å². The van der Waals surface area contributed by atoms with Gasteiger partial charge in [0.15, 0.2) is 0 Å². The third kappa shape index (κ3) is 2.61. The molecule has 5 heteroatoms. The van der Waals surface area contributed by atoms with Crippen LogP contribution in [0.1, 0.15) is 10.4 Å². The van der Waals surface area contributed by atoms with Gasteiger partial charge in [0, 0.05) is 36.2 Å². The summed E-state index contributed by atoms with van der Waals surface area (Å²) in [5.74, 6) is 5.73. The minimum Gasteiger partial charge on any atom is -0.336 e. The van der Waals surface area contributed by atoms with Crippen molar-refractivity contribution in [3.8, 4) is 0 Å². The number of benzene rings is 1. The number of nitrogens with zero attached hydrogens (tertiary/aromatic N) is 2. The molecule has 1 fully saturated rings. The lowest BCUT2D eigenvalue weighted by molar-refractivity contribution is 0.0638. The third-order valence-electron chi connectivity index (χ3n) is 2.67. The monoisotopic (exact) mass is 283 g/mol. The number of hydrogen-bond acceptors (Lipinski definition) is 3. The van der Waals surface area contributed by atoms with Gasteiger partial charge in [-0.3, -0.25) is 10.6 Å². The van der Waals surface area contributed by atoms with Crippen molar-refractivity contribution >= 4 is 21.8 Å². The van der Waals surface area contributed by atoms with Gasteiger partial charge in [-0.25, -0.2) is 5.01 Å². The van der Waals surface area contributed by atoms with Crippen LogP contribution in [0.25, 0.3) is 0 Å². The van der Waals surface area contributed by atoms with Crippen LogP contribution < -0.4 is 5.84 Å². The summed E-state index contributed by atoms with van der Waals surface area (Å²) in [5.41, 5.74) is 0.722. The molecule has 4 nitrogen and oxygen atoms in total. The van der Waals surface area contributed by atoms with E-state index in [0.29, 0.717) is 13.1 Å². The molecule has 1 heterocycles. The molecule has 1 saturated heterocycles. The van der Waals surface area contributed by atoms with Crippen molar-refractivity contribution in [2.24, 2.45) is 5.84 Å². The van der Waals surface area contributed by atoms with E-state index in [9.17, 15) is 4.79 Å². The van der Waals surface area contributed by atoms with Crippen molar-refractivity contribution in [3.63, 3.8) is 0 Å². The number of carbonyl (C=O) groups is 1. The minimum atomic E-state index is 0.0781. The zero-order chi connectivity index (χ0) is 11.5. The van der Waals surface area contributed by atoms with Crippen LogP contribution in [-0.4, -0.2) is 42.0 Å². The summed E-state index contributed by atoms with van der Waals surface area (Å²) >= 11 is 3.37. The molecular weight excluding hydrogens is 270 g/mol. The topological polar surface area (TPSA) is 49.6 Å². The summed E-state index contributed by atoms with van der Waals surface area (Å²) in [5, 5.41) is 1.74. The van der Waals surface area contributed by atoms with Gasteiger partial charge in [-0.15, -0.1) is 0 Å². The van der Waals surface area contributed by atoms with Gasteiger partial charge in [0.05, 0.1) is 0 Å². The molecule has 1 aliphatic rings. The highest BCUT2D eigenvalue weighted by molar-refractivity contribution is 9.10. The predicted molar refractivity (Wildman–Crippen MR) is 65.8 cm³/mol. The number of nitrogens with two attached hydrogens (primary N) is 1. The summed E-state index contributed by atoms with van der Waals surface area (Å²) < 4.78 is 0.927. The summed E-state index contributed by atoms with van der Waals surface area (Å²) in [6, 6.07) is 7.46. The first kappa shape index (κ1) is 11.6. The number of hydrogen-bond donors (Lipinski definition) is 1. The van der Waals surface area contributed by atoms with E-state index in [4.69, 9.17) is 5.84 Å². The molecule has 0 spiro atoms. The molecule has 0 unspecified atom stereocenters. The Bertz CT molecular complexity index is 389. The summed E-state index contributed by atoms with van der Waals surface area (Å²) in [7, 11) is 0. The van der Waals surface area contributed by atoms with Crippen molar-refractivity contribution in [3.05, 3.63) is 34.3 Å². The summed E-state index contributed by atoms with van der Waals surface area (Å²) in [6.07, 6.45) is 0. The lowest BCUT2D eigenvalue weighted by Gasteiger charge is -2.32. The van der Waals surface area contributed by atoms with Crippen LogP contribution in [0.2, 0.25) is 0 Å². The smallest absolute Gasteiger partial charge is 0.253 e. The maximum absolute atomic E-state index is 12.1. The van der Waals surface area contributed by atoms with E-state index in [-0.39, 0.29) is 5.91 Å². The number of piperazine rings is 1. The van der Waals surface area contributed by atoms with Crippen molar-refractivity contribution in [2.45, 2.75) is 0 Å². The Morgan fingerprint density at radius 2 is 1.94 bits per heavy atom. The Labute approximate surface area is 103 Å². The second kappa shape index (κ2) is 4.95. The van der Waals surface area contributed by atoms with Crippen LogP contribution in [0.4, 0.5) is 0 Å². The fraction of sp³-hybridized carbons (Fsp3) is 0.364. The molecule has 0 atom stereocenters. The van der Waals surface area contributed by atoms with E-state index < -0.39 is 0 Å². The first-order valence-electron chi connectivity index (χ1n) is 5.21. The van der Waals surface area contributed by atoms with E-state index in [2.05, 4.69) is 15.9 Å². The highest BCUT2D eigenvalue weighted by atomic mass is 79.9. The first-order chi connectivity index (χ1) is 7.66. The van der Waals surface area contributed by atoms with Crippen molar-refractivity contribution in [1.82, 2.24) is 9.91 Å². The number of carbonyl (C=O) groups excluding carboxylic acids is 1. The average Bonchev–Trinajstić information content (AvgIpc) is 2.29. The second-order valence-electron chi connectivity index (χ2n) is 3.84. The zero-order valence-electron chi connectivity index (χ0n) is 8.90. The van der Waals surface area contributed by atoms with Crippen LogP contribution in [0.15, 0.2) is 28.7 Å². The highest BCUT2D eigenvalue weighted by Gasteiger charge is 2.20. The Hall–Kier alpha value is -0.910. The molecule has 2 rings (SSSR count). The molecule has 1 amide bonds. The van der Waals surface area contributed by atoms with Crippen LogP contribution in [0, 0.1) is 0 Å². The van der Waals surface area contributed by atoms with E-state index in [1.165, 1.54) is 0 Å². The zero-order valence-corrected chi connectivity index (χ0v) is 10.5. The van der Waals surface area contributed by atoms with Crippen LogP contribution in [0.3, 0.4) is 0 Å². The number of rotatable bonds is 1. The quantitative estimate of drug-likeness (QED) is 0.785. The number of halogens is 1. The molecule has 1 aromatic carbocycles. The Morgan fingerprint density at radius 1 is 1.25 bits per heavy atom. The van der Waals surface area contributed by atoms with Crippen LogP contribution in [-0.2, 0) is 0 Å². The van der Waals surface area contributed by atoms with Crippen molar-refractivity contribution < 1.29 is 4.79 Å². The van der Waals surface area contributed by atoms with Crippen LogP contribution in [0.5, 0.6) is 0 Å². The summed E-state index contributed by atoms with van der Waals surface area (Å²) in [4.78, 5) is 13.9. The molecule has 0 aromatic heterocycles. The molecule has 16 heavy (non-hydrogen) atoms. The van der Waals surface area contributed by atoms with Gasteiger partial charge >= 0.3 is 0 Å². The predicted octanol–water partition coefficient (Wildman–Crippen LogP) is 1.08. The maximum Gasteiger partial charge on any atom is 0.253 e. The van der Waals surface area contributed by atoms with Gasteiger partial charge in [-0.05, 0) is 18.2 Å². The van der Waals surface area contributed by atoms with Gasteiger partial charge in [-0.1, -0.05) is 22.0 Å². The SMILES string of the molecule is NN1CCN(C(=O)c2cccc(Br)c2)CC1. The van der Waals surface area contributed by atoms with Crippen molar-refractivity contribution in [2.75, 3.05) is 26.2 Å². The highest BCUT2D eigenvalue weighted by Crippen LogP contribution is 2.14. The fourth-order valence-corrected chi connectivity index (χ4v) is 2.13. The fourth-order valence-electron chi connectivity index (χ4n) is 1.73. The molecule has 1 aliphatic heterocycles. The standard InChI is InChI=1S/C11H14BrN3O/c12-10-3-1-2-9(8-10)11(16)14-4-6-15(13)7-5-14/h1-3,8H,4-7,13H2. The number of hydrazine groups is 1. The van der Waals surface area contributed by atoms with Gasteiger partial charge in [0.25, 0.3) is 5.91 Å². The first-order valence-corrected chi connectivity index (χ1v) is 6.00. The second-order valence-corrected chi connectivity index (χ2v) is 4.75. The lowest BCUT2D eigenvalue weighted by atomic mass is 10.2. The van der Waals surface area contributed by atoms with Gasteiger partial charge in [0.2, 0.25) is 0 Å². The average molecular weight is 284 g/mol. The molecule has 86 valence electrons. The number of amides is 1. The molecule has 0 radical (unpaired) electrons. The van der Waals surface area contributed by atoms with Crippen LogP contribution >= 0.6 is 15.9 Å². The van der Waals surface area contributed by atoms with E-state index >= 15 is 0 Å². The molecule has 0 aliphatic carbocycles. The van der Waals surface area contributed by atoms with E-state index in [0.717, 1.165) is 23.1 Å². The van der Waals surface area contributed by atoms with Crippen molar-refractivity contribution in [1.29, 1.82) is 0 Å². The molecule has 0 bridgehead atoms. The molecular formula is C11H14BrN3O. The minimum absolute atomic E-state index is 0.0781. The van der Waals surface area contributed by atoms with Gasteiger partial charge in [0.1, 0.15) is 0 Å². The van der Waals surface area contributed by atoms with Gasteiger partial charge < -0.3 is 4.90 Å². The lowest BCUT2D eigenvalue weighted by Crippen LogP contribution is -2.51. The third-order valence-corrected chi connectivity index (χ3v) is 3.17.